The van der Waals surface area contributed by atoms with Gasteiger partial charge in [0.05, 0.1) is 0 Å². The summed E-state index contributed by atoms with van der Waals surface area (Å²) in [5.41, 5.74) is 1.40. The van der Waals surface area contributed by atoms with E-state index >= 15 is 0 Å². The van der Waals surface area contributed by atoms with Crippen molar-refractivity contribution in [3.63, 3.8) is 0 Å². The molecule has 0 saturated carbocycles. The van der Waals surface area contributed by atoms with E-state index in [2.05, 4.69) is 59.1 Å². The molecule has 1 aromatic rings. The molecule has 16 heavy (non-hydrogen) atoms. The highest BCUT2D eigenvalue weighted by Gasteiger charge is 2.12. The second kappa shape index (κ2) is 8.03. The summed E-state index contributed by atoms with van der Waals surface area (Å²) in [6, 6.07) is 9.02. The zero-order valence-electron chi connectivity index (χ0n) is 10.0. The fourth-order valence-corrected chi connectivity index (χ4v) is 2.57. The largest absolute Gasteiger partial charge is 0.385 e. The summed E-state index contributed by atoms with van der Waals surface area (Å²) < 4.78 is 6.44. The van der Waals surface area contributed by atoms with Crippen molar-refractivity contribution >= 4 is 22.6 Å². The molecule has 1 aromatic carbocycles. The van der Waals surface area contributed by atoms with Crippen LogP contribution in [0, 0.1) is 3.57 Å². The van der Waals surface area contributed by atoms with E-state index in [9.17, 15) is 0 Å². The molecule has 0 aliphatic carbocycles. The fourth-order valence-electron chi connectivity index (χ4n) is 1.80. The average Bonchev–Trinajstić information content (AvgIpc) is 2.29. The number of hydrogen-bond acceptors (Lipinski definition) is 2. The van der Waals surface area contributed by atoms with Crippen LogP contribution in [-0.2, 0) is 4.74 Å². The smallest absolute Gasteiger partial charge is 0.0462 e. The maximum atomic E-state index is 5.11. The maximum Gasteiger partial charge on any atom is 0.0462 e. The third-order valence-corrected chi connectivity index (χ3v) is 3.55. The Balaban J connectivity index is 2.65. The van der Waals surface area contributed by atoms with Crippen molar-refractivity contribution in [2.24, 2.45) is 0 Å². The number of ether oxygens (including phenoxy) is 1. The predicted molar refractivity (Wildman–Crippen MR) is 76.7 cm³/mol. The van der Waals surface area contributed by atoms with E-state index in [1.807, 2.05) is 0 Å². The lowest BCUT2D eigenvalue weighted by atomic mass is 10.0. The Labute approximate surface area is 112 Å². The molecule has 0 spiro atoms. The minimum absolute atomic E-state index is 0.452. The first-order valence-electron chi connectivity index (χ1n) is 5.76. The first-order chi connectivity index (χ1) is 7.79. The lowest BCUT2D eigenvalue weighted by molar-refractivity contribution is 0.189. The van der Waals surface area contributed by atoms with Gasteiger partial charge in [-0.05, 0) is 53.6 Å². The zero-order chi connectivity index (χ0) is 11.8. The molecular formula is C13H20INO. The topological polar surface area (TPSA) is 21.3 Å². The second-order valence-electron chi connectivity index (χ2n) is 3.77. The Morgan fingerprint density at radius 1 is 1.38 bits per heavy atom. The molecule has 0 aliphatic rings. The summed E-state index contributed by atoms with van der Waals surface area (Å²) in [6.45, 7) is 3.99. The quantitative estimate of drug-likeness (QED) is 0.610. The SMILES string of the molecule is CCNC(CCCOC)c1ccccc1I. The molecule has 0 saturated heterocycles. The van der Waals surface area contributed by atoms with Gasteiger partial charge in [0, 0.05) is 23.3 Å². The van der Waals surface area contributed by atoms with Gasteiger partial charge in [-0.15, -0.1) is 0 Å². The van der Waals surface area contributed by atoms with Gasteiger partial charge in [0.2, 0.25) is 0 Å². The van der Waals surface area contributed by atoms with Crippen molar-refractivity contribution in [1.82, 2.24) is 5.32 Å². The van der Waals surface area contributed by atoms with Gasteiger partial charge in [-0.2, -0.15) is 0 Å². The molecule has 0 aromatic heterocycles. The van der Waals surface area contributed by atoms with Crippen molar-refractivity contribution < 1.29 is 4.74 Å². The van der Waals surface area contributed by atoms with Crippen LogP contribution in [0.5, 0.6) is 0 Å². The van der Waals surface area contributed by atoms with Crippen molar-refractivity contribution in [2.75, 3.05) is 20.3 Å². The van der Waals surface area contributed by atoms with E-state index < -0.39 is 0 Å². The highest BCUT2D eigenvalue weighted by Crippen LogP contribution is 2.23. The number of hydrogen-bond donors (Lipinski definition) is 1. The van der Waals surface area contributed by atoms with Gasteiger partial charge in [0.25, 0.3) is 0 Å². The number of halogens is 1. The van der Waals surface area contributed by atoms with Crippen LogP contribution >= 0.6 is 22.6 Å². The Bertz CT molecular complexity index is 304. The first-order valence-corrected chi connectivity index (χ1v) is 6.84. The third-order valence-electron chi connectivity index (χ3n) is 2.57. The molecule has 0 heterocycles. The minimum Gasteiger partial charge on any atom is -0.385 e. The lowest BCUT2D eigenvalue weighted by Gasteiger charge is -2.19. The molecule has 0 amide bonds. The van der Waals surface area contributed by atoms with E-state index in [0.717, 1.165) is 26.0 Å². The molecule has 1 unspecified atom stereocenters. The molecule has 1 rings (SSSR count). The molecule has 1 atom stereocenters. The van der Waals surface area contributed by atoms with Crippen LogP contribution < -0.4 is 5.32 Å². The van der Waals surface area contributed by atoms with Crippen LogP contribution in [0.25, 0.3) is 0 Å². The van der Waals surface area contributed by atoms with E-state index in [1.165, 1.54) is 9.13 Å². The number of methoxy groups -OCH3 is 1. The van der Waals surface area contributed by atoms with E-state index in [0.29, 0.717) is 6.04 Å². The standard InChI is InChI=1S/C13H20INO/c1-3-15-13(9-6-10-16-2)11-7-4-5-8-12(11)14/h4-5,7-8,13,15H,3,6,9-10H2,1-2H3. The Hall–Kier alpha value is -0.130. The van der Waals surface area contributed by atoms with E-state index in [1.54, 1.807) is 7.11 Å². The first kappa shape index (κ1) is 13.9. The van der Waals surface area contributed by atoms with Crippen LogP contribution in [0.1, 0.15) is 31.4 Å². The van der Waals surface area contributed by atoms with Crippen molar-refractivity contribution in [2.45, 2.75) is 25.8 Å². The molecule has 0 bridgehead atoms. The van der Waals surface area contributed by atoms with Gasteiger partial charge >= 0.3 is 0 Å². The van der Waals surface area contributed by atoms with E-state index in [-0.39, 0.29) is 0 Å². The Morgan fingerprint density at radius 3 is 2.75 bits per heavy atom. The number of benzene rings is 1. The Morgan fingerprint density at radius 2 is 2.12 bits per heavy atom. The summed E-state index contributed by atoms with van der Waals surface area (Å²) in [6.07, 6.45) is 2.22. The van der Waals surface area contributed by atoms with Gasteiger partial charge < -0.3 is 10.1 Å². The van der Waals surface area contributed by atoms with Gasteiger partial charge in [-0.25, -0.2) is 0 Å². The normalized spacial score (nSPS) is 12.7. The van der Waals surface area contributed by atoms with Crippen LogP contribution in [0.4, 0.5) is 0 Å². The summed E-state index contributed by atoms with van der Waals surface area (Å²) in [4.78, 5) is 0. The lowest BCUT2D eigenvalue weighted by Crippen LogP contribution is -2.22. The molecule has 90 valence electrons. The summed E-state index contributed by atoms with van der Waals surface area (Å²) in [5.74, 6) is 0. The summed E-state index contributed by atoms with van der Waals surface area (Å²) in [7, 11) is 1.76. The number of nitrogens with one attached hydrogen (secondary N) is 1. The Kier molecular flexibility index (Phi) is 7.00. The highest BCUT2D eigenvalue weighted by molar-refractivity contribution is 14.1. The molecule has 3 heteroatoms. The third kappa shape index (κ3) is 4.39. The van der Waals surface area contributed by atoms with Crippen molar-refractivity contribution in [1.29, 1.82) is 0 Å². The number of rotatable bonds is 7. The highest BCUT2D eigenvalue weighted by atomic mass is 127. The van der Waals surface area contributed by atoms with Crippen molar-refractivity contribution in [3.8, 4) is 0 Å². The van der Waals surface area contributed by atoms with Gasteiger partial charge in [0.15, 0.2) is 0 Å². The van der Waals surface area contributed by atoms with Crippen LogP contribution in [-0.4, -0.2) is 20.3 Å². The van der Waals surface area contributed by atoms with Gasteiger partial charge in [-0.1, -0.05) is 25.1 Å². The van der Waals surface area contributed by atoms with Crippen LogP contribution in [0.15, 0.2) is 24.3 Å². The average molecular weight is 333 g/mol. The second-order valence-corrected chi connectivity index (χ2v) is 4.93. The van der Waals surface area contributed by atoms with E-state index in [4.69, 9.17) is 4.74 Å². The monoisotopic (exact) mass is 333 g/mol. The van der Waals surface area contributed by atoms with Crippen molar-refractivity contribution in [3.05, 3.63) is 33.4 Å². The molecule has 0 aliphatic heterocycles. The van der Waals surface area contributed by atoms with Gasteiger partial charge in [-0.3, -0.25) is 0 Å². The molecule has 0 fully saturated rings. The van der Waals surface area contributed by atoms with Crippen LogP contribution in [0.2, 0.25) is 0 Å². The molecule has 2 nitrogen and oxygen atoms in total. The summed E-state index contributed by atoms with van der Waals surface area (Å²) >= 11 is 2.41. The maximum absolute atomic E-state index is 5.11. The zero-order valence-corrected chi connectivity index (χ0v) is 12.2. The fraction of sp³-hybridized carbons (Fsp3) is 0.538. The minimum atomic E-state index is 0.452. The van der Waals surface area contributed by atoms with Crippen LogP contribution in [0.3, 0.4) is 0 Å². The van der Waals surface area contributed by atoms with Gasteiger partial charge in [0.1, 0.15) is 0 Å². The summed E-state index contributed by atoms with van der Waals surface area (Å²) in [5, 5.41) is 3.54. The molecular weight excluding hydrogens is 313 g/mol. The predicted octanol–water partition coefficient (Wildman–Crippen LogP) is 3.37. The molecule has 0 radical (unpaired) electrons. The molecule has 1 N–H and O–H groups in total.